The lowest BCUT2D eigenvalue weighted by atomic mass is 10.1. The van der Waals surface area contributed by atoms with Crippen molar-refractivity contribution in [1.82, 2.24) is 14.8 Å². The summed E-state index contributed by atoms with van der Waals surface area (Å²) in [7, 11) is 0. The number of carbonyl (C=O) groups excluding carboxylic acids is 3. The predicted octanol–water partition coefficient (Wildman–Crippen LogP) is 2.74. The molecule has 0 saturated carbocycles. The molecule has 33 heavy (non-hydrogen) atoms. The lowest BCUT2D eigenvalue weighted by Crippen LogP contribution is -2.50. The molecule has 0 atom stereocenters. The lowest BCUT2D eigenvalue weighted by molar-refractivity contribution is -0.142. The summed E-state index contributed by atoms with van der Waals surface area (Å²) in [4.78, 5) is 44.9. The van der Waals surface area contributed by atoms with Gasteiger partial charge in [-0.3, -0.25) is 19.3 Å². The van der Waals surface area contributed by atoms with Crippen LogP contribution < -0.4 is 5.32 Å². The number of hydrogen-bond donors (Lipinski definition) is 1. The van der Waals surface area contributed by atoms with Crippen LogP contribution in [0.5, 0.6) is 0 Å². The van der Waals surface area contributed by atoms with E-state index in [2.05, 4.69) is 15.2 Å². The fourth-order valence-electron chi connectivity index (χ4n) is 3.56. The highest BCUT2D eigenvalue weighted by Gasteiger charge is 2.23. The lowest BCUT2D eigenvalue weighted by Gasteiger charge is -2.34. The van der Waals surface area contributed by atoms with Gasteiger partial charge in [-0.15, -0.1) is 11.3 Å². The molecule has 1 aliphatic rings. The van der Waals surface area contributed by atoms with Gasteiger partial charge in [0.25, 0.3) is 0 Å². The van der Waals surface area contributed by atoms with Crippen LogP contribution in [0.15, 0.2) is 27.9 Å². The molecule has 1 aliphatic heterocycles. The third-order valence-corrected chi connectivity index (χ3v) is 7.37. The molecular formula is C23H30N4O4S2. The van der Waals surface area contributed by atoms with Crippen LogP contribution in [0.2, 0.25) is 0 Å². The first-order valence-corrected chi connectivity index (χ1v) is 12.8. The summed E-state index contributed by atoms with van der Waals surface area (Å²) in [6.45, 7) is 8.93. The van der Waals surface area contributed by atoms with Crippen LogP contribution in [0.3, 0.4) is 0 Å². The molecule has 2 amide bonds. The van der Waals surface area contributed by atoms with Crippen molar-refractivity contribution in [3.63, 3.8) is 0 Å². The zero-order chi connectivity index (χ0) is 23.8. The molecule has 178 valence electrons. The van der Waals surface area contributed by atoms with E-state index in [1.54, 1.807) is 6.92 Å². The van der Waals surface area contributed by atoms with E-state index in [1.165, 1.54) is 23.1 Å². The SMILES string of the molecule is CCOC(=O)Cc1csc(SCC(=O)N2CCN(CC(=O)Nc3c(C)cccc3C)CC2)n1. The first-order valence-electron chi connectivity index (χ1n) is 10.9. The fraction of sp³-hybridized carbons (Fsp3) is 0.478. The van der Waals surface area contributed by atoms with Crippen molar-refractivity contribution in [2.45, 2.75) is 31.5 Å². The van der Waals surface area contributed by atoms with Gasteiger partial charge in [0.15, 0.2) is 4.34 Å². The number of nitrogens with zero attached hydrogens (tertiary/aromatic N) is 3. The average Bonchev–Trinajstić information content (AvgIpc) is 3.22. The minimum absolute atomic E-state index is 0.0369. The van der Waals surface area contributed by atoms with Gasteiger partial charge in [0.05, 0.1) is 31.0 Å². The van der Waals surface area contributed by atoms with Gasteiger partial charge in [0.1, 0.15) is 0 Å². The normalized spacial score (nSPS) is 14.2. The Balaban J connectivity index is 1.39. The molecule has 0 unspecified atom stereocenters. The molecule has 0 spiro atoms. The molecular weight excluding hydrogens is 460 g/mol. The molecule has 2 aromatic rings. The van der Waals surface area contributed by atoms with Gasteiger partial charge in [-0.25, -0.2) is 4.98 Å². The van der Waals surface area contributed by atoms with E-state index in [-0.39, 0.29) is 24.2 Å². The molecule has 10 heteroatoms. The molecule has 0 aliphatic carbocycles. The second-order valence-electron chi connectivity index (χ2n) is 7.85. The van der Waals surface area contributed by atoms with E-state index >= 15 is 0 Å². The van der Waals surface area contributed by atoms with Crippen molar-refractivity contribution in [1.29, 1.82) is 0 Å². The number of thioether (sulfide) groups is 1. The van der Waals surface area contributed by atoms with Crippen LogP contribution in [-0.4, -0.2) is 77.7 Å². The van der Waals surface area contributed by atoms with Crippen LogP contribution in [0.1, 0.15) is 23.7 Å². The maximum absolute atomic E-state index is 12.6. The molecule has 8 nitrogen and oxygen atoms in total. The summed E-state index contributed by atoms with van der Waals surface area (Å²) >= 11 is 2.81. The molecule has 2 heterocycles. The summed E-state index contributed by atoms with van der Waals surface area (Å²) in [6.07, 6.45) is 0.151. The Morgan fingerprint density at radius 3 is 2.52 bits per heavy atom. The van der Waals surface area contributed by atoms with Crippen molar-refractivity contribution in [2.24, 2.45) is 0 Å². The van der Waals surface area contributed by atoms with E-state index in [0.29, 0.717) is 50.8 Å². The number of aryl methyl sites for hydroxylation is 2. The van der Waals surface area contributed by atoms with E-state index in [1.807, 2.05) is 42.3 Å². The number of piperazine rings is 1. The van der Waals surface area contributed by atoms with Crippen molar-refractivity contribution >= 4 is 46.6 Å². The van der Waals surface area contributed by atoms with Gasteiger partial charge in [-0.05, 0) is 31.9 Å². The summed E-state index contributed by atoms with van der Waals surface area (Å²) < 4.78 is 5.70. The Labute approximate surface area is 202 Å². The maximum atomic E-state index is 12.6. The van der Waals surface area contributed by atoms with Crippen molar-refractivity contribution < 1.29 is 19.1 Å². The average molecular weight is 491 g/mol. The summed E-state index contributed by atoms with van der Waals surface area (Å²) in [5.41, 5.74) is 3.64. The Hall–Kier alpha value is -2.43. The standard InChI is InChI=1S/C23H30N4O4S2/c1-4-31-21(30)12-18-14-32-23(24-18)33-15-20(29)27-10-8-26(9-11-27)13-19(28)25-22-16(2)6-5-7-17(22)3/h5-7,14H,4,8-13,15H2,1-3H3,(H,25,28). The van der Waals surface area contributed by atoms with E-state index in [0.717, 1.165) is 21.2 Å². The van der Waals surface area contributed by atoms with E-state index < -0.39 is 0 Å². The predicted molar refractivity (Wildman–Crippen MR) is 131 cm³/mol. The van der Waals surface area contributed by atoms with Crippen LogP contribution in [-0.2, 0) is 25.5 Å². The van der Waals surface area contributed by atoms with Crippen LogP contribution >= 0.6 is 23.1 Å². The van der Waals surface area contributed by atoms with Gasteiger partial charge < -0.3 is 15.0 Å². The summed E-state index contributed by atoms with van der Waals surface area (Å²) in [5.74, 6) is 0.0299. The first kappa shape index (κ1) is 25.2. The molecule has 1 aromatic carbocycles. The Bertz CT molecular complexity index is 966. The number of carbonyl (C=O) groups is 3. The summed E-state index contributed by atoms with van der Waals surface area (Å²) in [6, 6.07) is 5.95. The maximum Gasteiger partial charge on any atom is 0.311 e. The highest BCUT2D eigenvalue weighted by atomic mass is 32.2. The third kappa shape index (κ3) is 7.55. The van der Waals surface area contributed by atoms with E-state index in [4.69, 9.17) is 4.74 Å². The number of nitrogens with one attached hydrogen (secondary N) is 1. The number of rotatable bonds is 9. The zero-order valence-electron chi connectivity index (χ0n) is 19.3. The molecule has 1 aromatic heterocycles. The third-order valence-electron chi connectivity index (χ3n) is 5.32. The van der Waals surface area contributed by atoms with Gasteiger partial charge >= 0.3 is 5.97 Å². The zero-order valence-corrected chi connectivity index (χ0v) is 20.9. The molecule has 1 fully saturated rings. The fourth-order valence-corrected chi connectivity index (χ4v) is 5.31. The number of anilines is 1. The van der Waals surface area contributed by atoms with Crippen LogP contribution in [0.25, 0.3) is 0 Å². The highest BCUT2D eigenvalue weighted by Crippen LogP contribution is 2.24. The number of esters is 1. The smallest absolute Gasteiger partial charge is 0.311 e. The number of ether oxygens (including phenoxy) is 1. The van der Waals surface area contributed by atoms with Gasteiger partial charge in [-0.1, -0.05) is 30.0 Å². The quantitative estimate of drug-likeness (QED) is 0.427. The van der Waals surface area contributed by atoms with Gasteiger partial charge in [-0.2, -0.15) is 0 Å². The Morgan fingerprint density at radius 1 is 1.15 bits per heavy atom. The second-order valence-corrected chi connectivity index (χ2v) is 9.93. The Kier molecular flexibility index (Phi) is 9.28. The van der Waals surface area contributed by atoms with Gasteiger partial charge in [0, 0.05) is 37.2 Å². The topological polar surface area (TPSA) is 91.8 Å². The number of para-hydroxylation sites is 1. The van der Waals surface area contributed by atoms with Crippen LogP contribution in [0, 0.1) is 13.8 Å². The molecule has 3 rings (SSSR count). The Morgan fingerprint density at radius 2 is 1.85 bits per heavy atom. The van der Waals surface area contributed by atoms with Crippen molar-refractivity contribution in [3.8, 4) is 0 Å². The van der Waals surface area contributed by atoms with E-state index in [9.17, 15) is 14.4 Å². The number of aromatic nitrogens is 1. The number of thiazole rings is 1. The van der Waals surface area contributed by atoms with Crippen molar-refractivity contribution in [3.05, 3.63) is 40.4 Å². The number of amides is 2. The monoisotopic (exact) mass is 490 g/mol. The largest absolute Gasteiger partial charge is 0.466 e. The summed E-state index contributed by atoms with van der Waals surface area (Å²) in [5, 5.41) is 4.85. The molecule has 0 radical (unpaired) electrons. The second kappa shape index (κ2) is 12.2. The van der Waals surface area contributed by atoms with Crippen molar-refractivity contribution in [2.75, 3.05) is 50.4 Å². The molecule has 1 saturated heterocycles. The number of benzene rings is 1. The highest BCUT2D eigenvalue weighted by molar-refractivity contribution is 8.01. The van der Waals surface area contributed by atoms with Gasteiger partial charge in [0.2, 0.25) is 11.8 Å². The van der Waals surface area contributed by atoms with Crippen LogP contribution in [0.4, 0.5) is 5.69 Å². The molecule has 0 bridgehead atoms. The minimum Gasteiger partial charge on any atom is -0.466 e. The molecule has 1 N–H and O–H groups in total. The first-order chi connectivity index (χ1) is 15.9. The minimum atomic E-state index is -0.295. The number of hydrogen-bond acceptors (Lipinski definition) is 8.